The van der Waals surface area contributed by atoms with E-state index in [9.17, 15) is 4.79 Å². The summed E-state index contributed by atoms with van der Waals surface area (Å²) in [7, 11) is 3.35. The van der Waals surface area contributed by atoms with Gasteiger partial charge in [0.25, 0.3) is 5.91 Å². The Morgan fingerprint density at radius 3 is 3.00 bits per heavy atom. The maximum Gasteiger partial charge on any atom is 0.253 e. The van der Waals surface area contributed by atoms with Crippen LogP contribution in [0, 0.1) is 0 Å². The SMILES string of the molecule is COCCN(C)C(=O)c1ccnc(CN)c1. The van der Waals surface area contributed by atoms with Crippen LogP contribution in [0.1, 0.15) is 16.1 Å². The number of methoxy groups -OCH3 is 1. The molecule has 0 aliphatic heterocycles. The van der Waals surface area contributed by atoms with Crippen molar-refractivity contribution < 1.29 is 9.53 Å². The van der Waals surface area contributed by atoms with E-state index in [0.717, 1.165) is 0 Å². The average Bonchev–Trinajstić information content (AvgIpc) is 2.35. The standard InChI is InChI=1S/C11H17N3O2/c1-14(5-6-16-2)11(15)9-3-4-13-10(7-9)8-12/h3-4,7H,5-6,8,12H2,1-2H3. The summed E-state index contributed by atoms with van der Waals surface area (Å²) in [6, 6.07) is 3.40. The van der Waals surface area contributed by atoms with Crippen molar-refractivity contribution in [2.24, 2.45) is 5.73 Å². The van der Waals surface area contributed by atoms with Crippen LogP contribution in [-0.2, 0) is 11.3 Å². The molecule has 0 bridgehead atoms. The van der Waals surface area contributed by atoms with Crippen LogP contribution in [0.5, 0.6) is 0 Å². The number of ether oxygens (including phenoxy) is 1. The highest BCUT2D eigenvalue weighted by Crippen LogP contribution is 2.04. The number of carbonyl (C=O) groups excluding carboxylic acids is 1. The number of amides is 1. The number of pyridine rings is 1. The molecule has 0 aliphatic carbocycles. The second-order valence-electron chi connectivity index (χ2n) is 3.46. The van der Waals surface area contributed by atoms with Crippen molar-refractivity contribution in [1.82, 2.24) is 9.88 Å². The molecule has 16 heavy (non-hydrogen) atoms. The third-order valence-corrected chi connectivity index (χ3v) is 2.25. The van der Waals surface area contributed by atoms with Crippen molar-refractivity contribution in [2.75, 3.05) is 27.3 Å². The van der Waals surface area contributed by atoms with E-state index in [2.05, 4.69) is 4.98 Å². The molecule has 2 N–H and O–H groups in total. The Kier molecular flexibility index (Phi) is 4.88. The van der Waals surface area contributed by atoms with Gasteiger partial charge in [0, 0.05) is 39.0 Å². The Morgan fingerprint density at radius 2 is 2.38 bits per heavy atom. The molecule has 0 aromatic carbocycles. The van der Waals surface area contributed by atoms with Crippen molar-refractivity contribution >= 4 is 5.91 Å². The lowest BCUT2D eigenvalue weighted by Gasteiger charge is -2.16. The lowest BCUT2D eigenvalue weighted by molar-refractivity contribution is 0.0744. The smallest absolute Gasteiger partial charge is 0.253 e. The quantitative estimate of drug-likeness (QED) is 0.777. The fourth-order valence-electron chi connectivity index (χ4n) is 1.27. The number of hydrogen-bond donors (Lipinski definition) is 1. The lowest BCUT2D eigenvalue weighted by atomic mass is 10.2. The Balaban J connectivity index is 2.71. The van der Waals surface area contributed by atoms with E-state index in [1.807, 2.05) is 0 Å². The third-order valence-electron chi connectivity index (χ3n) is 2.25. The molecule has 0 aliphatic rings. The predicted molar refractivity (Wildman–Crippen MR) is 61.0 cm³/mol. The van der Waals surface area contributed by atoms with Crippen LogP contribution in [0.25, 0.3) is 0 Å². The molecule has 1 aromatic heterocycles. The van der Waals surface area contributed by atoms with Crippen molar-refractivity contribution in [3.05, 3.63) is 29.6 Å². The van der Waals surface area contributed by atoms with Crippen LogP contribution in [0.15, 0.2) is 18.3 Å². The summed E-state index contributed by atoms with van der Waals surface area (Å²) in [4.78, 5) is 17.6. The number of nitrogens with zero attached hydrogens (tertiary/aromatic N) is 2. The van der Waals surface area contributed by atoms with E-state index >= 15 is 0 Å². The van der Waals surface area contributed by atoms with Gasteiger partial charge in [-0.1, -0.05) is 0 Å². The highest BCUT2D eigenvalue weighted by Gasteiger charge is 2.11. The molecule has 1 heterocycles. The van der Waals surface area contributed by atoms with Crippen molar-refractivity contribution in [2.45, 2.75) is 6.54 Å². The van der Waals surface area contributed by atoms with Crippen molar-refractivity contribution in [3.8, 4) is 0 Å². The van der Waals surface area contributed by atoms with Crippen molar-refractivity contribution in [1.29, 1.82) is 0 Å². The maximum absolute atomic E-state index is 11.9. The molecule has 0 saturated carbocycles. The van der Waals surface area contributed by atoms with Crippen LogP contribution in [0.2, 0.25) is 0 Å². The van der Waals surface area contributed by atoms with E-state index < -0.39 is 0 Å². The first-order chi connectivity index (χ1) is 7.69. The van der Waals surface area contributed by atoms with Crippen LogP contribution >= 0.6 is 0 Å². The molecule has 0 spiro atoms. The van der Waals surface area contributed by atoms with Gasteiger partial charge in [-0.2, -0.15) is 0 Å². The van der Waals surface area contributed by atoms with Gasteiger partial charge in [-0.3, -0.25) is 9.78 Å². The first-order valence-electron chi connectivity index (χ1n) is 5.08. The van der Waals surface area contributed by atoms with Gasteiger partial charge in [-0.15, -0.1) is 0 Å². The molecule has 0 radical (unpaired) electrons. The number of nitrogens with two attached hydrogens (primary N) is 1. The molecule has 0 fully saturated rings. The van der Waals surface area contributed by atoms with Gasteiger partial charge in [-0.25, -0.2) is 0 Å². The zero-order chi connectivity index (χ0) is 12.0. The Morgan fingerprint density at radius 1 is 1.62 bits per heavy atom. The van der Waals surface area contributed by atoms with E-state index in [-0.39, 0.29) is 5.91 Å². The van der Waals surface area contributed by atoms with Crippen LogP contribution in [0.3, 0.4) is 0 Å². The lowest BCUT2D eigenvalue weighted by Crippen LogP contribution is -2.30. The van der Waals surface area contributed by atoms with Gasteiger partial charge in [0.15, 0.2) is 0 Å². The average molecular weight is 223 g/mol. The summed E-state index contributed by atoms with van der Waals surface area (Å²) in [5, 5.41) is 0. The Labute approximate surface area is 95.2 Å². The summed E-state index contributed by atoms with van der Waals surface area (Å²) < 4.78 is 4.92. The van der Waals surface area contributed by atoms with Gasteiger partial charge < -0.3 is 15.4 Å². The summed E-state index contributed by atoms with van der Waals surface area (Å²) >= 11 is 0. The van der Waals surface area contributed by atoms with Crippen LogP contribution in [-0.4, -0.2) is 43.1 Å². The number of rotatable bonds is 5. The highest BCUT2D eigenvalue weighted by atomic mass is 16.5. The largest absolute Gasteiger partial charge is 0.383 e. The Bertz CT molecular complexity index is 355. The fourth-order valence-corrected chi connectivity index (χ4v) is 1.27. The minimum Gasteiger partial charge on any atom is -0.383 e. The summed E-state index contributed by atoms with van der Waals surface area (Å²) in [5.74, 6) is -0.0471. The second-order valence-corrected chi connectivity index (χ2v) is 3.46. The zero-order valence-corrected chi connectivity index (χ0v) is 9.64. The van der Waals surface area contributed by atoms with E-state index in [4.69, 9.17) is 10.5 Å². The van der Waals surface area contributed by atoms with Gasteiger partial charge in [-0.05, 0) is 12.1 Å². The van der Waals surface area contributed by atoms with Gasteiger partial charge in [0.2, 0.25) is 0 Å². The van der Waals surface area contributed by atoms with Gasteiger partial charge in [0.1, 0.15) is 0 Å². The van der Waals surface area contributed by atoms with Crippen LogP contribution < -0.4 is 5.73 Å². The Hall–Kier alpha value is -1.46. The molecule has 5 nitrogen and oxygen atoms in total. The molecule has 1 aromatic rings. The highest BCUT2D eigenvalue weighted by molar-refractivity contribution is 5.94. The molecule has 0 saturated heterocycles. The predicted octanol–water partition coefficient (Wildman–Crippen LogP) is 0.259. The molecule has 0 atom stereocenters. The summed E-state index contributed by atoms with van der Waals surface area (Å²) in [6.07, 6.45) is 1.60. The maximum atomic E-state index is 11.9. The summed E-state index contributed by atoms with van der Waals surface area (Å²) in [5.41, 5.74) is 6.79. The molecule has 0 unspecified atom stereocenters. The number of likely N-dealkylation sites (N-methyl/N-ethyl adjacent to an activating group) is 1. The fraction of sp³-hybridized carbons (Fsp3) is 0.455. The van der Waals surface area contributed by atoms with E-state index in [1.54, 1.807) is 37.4 Å². The second kappa shape index (κ2) is 6.19. The summed E-state index contributed by atoms with van der Waals surface area (Å²) in [6.45, 7) is 1.43. The van der Waals surface area contributed by atoms with Crippen LogP contribution in [0.4, 0.5) is 0 Å². The number of carbonyl (C=O) groups is 1. The monoisotopic (exact) mass is 223 g/mol. The normalized spacial score (nSPS) is 10.2. The minimum atomic E-state index is -0.0471. The molecule has 88 valence electrons. The molecule has 1 rings (SSSR count). The van der Waals surface area contributed by atoms with Gasteiger partial charge in [0.05, 0.1) is 12.3 Å². The first-order valence-corrected chi connectivity index (χ1v) is 5.08. The first kappa shape index (κ1) is 12.6. The molecule has 1 amide bonds. The zero-order valence-electron chi connectivity index (χ0n) is 9.64. The number of hydrogen-bond acceptors (Lipinski definition) is 4. The molecule has 5 heteroatoms. The van der Waals surface area contributed by atoms with E-state index in [0.29, 0.717) is 31.0 Å². The van der Waals surface area contributed by atoms with Gasteiger partial charge >= 0.3 is 0 Å². The molecular formula is C11H17N3O2. The van der Waals surface area contributed by atoms with E-state index in [1.165, 1.54) is 0 Å². The number of aromatic nitrogens is 1. The minimum absolute atomic E-state index is 0.0471. The topological polar surface area (TPSA) is 68.5 Å². The molecular weight excluding hydrogens is 206 g/mol. The van der Waals surface area contributed by atoms with Crippen molar-refractivity contribution in [3.63, 3.8) is 0 Å². The third kappa shape index (κ3) is 3.29.